The van der Waals surface area contributed by atoms with Crippen LogP contribution in [0, 0.1) is 11.8 Å². The van der Waals surface area contributed by atoms with Crippen LogP contribution >= 0.6 is 21.6 Å². The summed E-state index contributed by atoms with van der Waals surface area (Å²) in [4.78, 5) is 79.9. The number of esters is 1. The maximum Gasteiger partial charge on any atom is 0.351 e. The second-order valence-corrected chi connectivity index (χ2v) is 15.7. The molecule has 0 radical (unpaired) electrons. The molecule has 2 bridgehead atoms. The highest BCUT2D eigenvalue weighted by atomic mass is 33.1. The molecule has 21 heteroatoms. The molecular formula is C33H47F2N7O10S2. The molecule has 0 saturated carbocycles. The number of aliphatic hydroxyl groups excluding tert-OH is 2. The van der Waals surface area contributed by atoms with Gasteiger partial charge in [0.1, 0.15) is 41.8 Å². The van der Waals surface area contributed by atoms with Gasteiger partial charge in [-0.3, -0.25) is 23.7 Å². The Morgan fingerprint density at radius 2 is 1.74 bits per heavy atom. The van der Waals surface area contributed by atoms with Crippen molar-refractivity contribution in [2.24, 2.45) is 11.8 Å². The predicted octanol–water partition coefficient (Wildman–Crippen LogP) is 0.141. The number of ether oxygens (including phenoxy) is 2. The molecule has 4 rings (SSSR count). The average molecular weight is 804 g/mol. The number of anilines is 1. The number of carbonyl (C=O) groups is 5. The number of hydrogen-bond donors (Lipinski definition) is 7. The lowest BCUT2D eigenvalue weighted by Gasteiger charge is -2.27. The van der Waals surface area contributed by atoms with E-state index in [1.165, 1.54) is 27.7 Å². The van der Waals surface area contributed by atoms with E-state index in [-0.39, 0.29) is 35.5 Å². The predicted molar refractivity (Wildman–Crippen MR) is 195 cm³/mol. The van der Waals surface area contributed by atoms with E-state index in [1.54, 1.807) is 40.7 Å². The van der Waals surface area contributed by atoms with Gasteiger partial charge in [-0.1, -0.05) is 61.4 Å². The zero-order valence-corrected chi connectivity index (χ0v) is 32.0. The summed E-state index contributed by atoms with van der Waals surface area (Å²) in [6, 6.07) is -1.71. The van der Waals surface area contributed by atoms with E-state index in [0.29, 0.717) is 16.7 Å². The molecule has 0 aliphatic carbocycles. The van der Waals surface area contributed by atoms with Gasteiger partial charge in [-0.2, -0.15) is 13.8 Å². The summed E-state index contributed by atoms with van der Waals surface area (Å²) in [5, 5.41) is 28.8. The molecule has 300 valence electrons. The molecule has 4 heterocycles. The highest BCUT2D eigenvalue weighted by Gasteiger charge is 2.59. The molecule has 0 aromatic carbocycles. The van der Waals surface area contributed by atoms with Gasteiger partial charge in [-0.05, 0) is 37.3 Å². The third-order valence-electron chi connectivity index (χ3n) is 8.25. The first kappa shape index (κ1) is 44.3. The van der Waals surface area contributed by atoms with Crippen molar-refractivity contribution < 1.29 is 52.4 Å². The number of nitrogens with one attached hydrogen (secondary N) is 4. The van der Waals surface area contributed by atoms with E-state index in [2.05, 4.69) is 26.3 Å². The second-order valence-electron chi connectivity index (χ2n) is 13.1. The molecule has 2 saturated heterocycles. The van der Waals surface area contributed by atoms with Crippen LogP contribution in [-0.2, 0) is 33.4 Å². The molecule has 1 aromatic rings. The number of nitrogen functional groups attached to an aromatic ring is 1. The minimum absolute atomic E-state index is 0.0445. The van der Waals surface area contributed by atoms with Gasteiger partial charge >= 0.3 is 17.6 Å². The third kappa shape index (κ3) is 11.7. The Hall–Kier alpha value is -4.05. The van der Waals surface area contributed by atoms with Crippen LogP contribution in [0.4, 0.5) is 14.6 Å². The Kier molecular flexibility index (Phi) is 16.5. The van der Waals surface area contributed by atoms with E-state index < -0.39 is 90.5 Å². The lowest BCUT2D eigenvalue weighted by Crippen LogP contribution is -2.57. The van der Waals surface area contributed by atoms with Gasteiger partial charge in [0.15, 0.2) is 6.10 Å². The van der Waals surface area contributed by atoms with Gasteiger partial charge < -0.3 is 46.7 Å². The lowest BCUT2D eigenvalue weighted by molar-refractivity contribution is -0.153. The van der Waals surface area contributed by atoms with Crippen molar-refractivity contribution in [2.75, 3.05) is 23.8 Å². The number of aromatic nitrogens is 2. The number of nitrogens with two attached hydrogens (primary N) is 1. The van der Waals surface area contributed by atoms with Crippen LogP contribution in [0.15, 0.2) is 41.0 Å². The molecule has 0 spiro atoms. The molecule has 4 amide bonds. The summed E-state index contributed by atoms with van der Waals surface area (Å²) in [7, 11) is 2.95. The quantitative estimate of drug-likeness (QED) is 0.0926. The standard InChI is InChI=1S/C24H36N4O6S2.C9H11F2N3O4/c1-6-16-21(30)28-20(14(4)5)24(33)34-15-9-7-8-10-35-36-12-17(22(31)25-16)26-23(32)19(13(2)3)27-18(29)11-15;10-9(11)6(16)4(3-15)18-7(9)14-2-1-5(12)13-8(14)17/h6-7,9,13-15,17,19-20H,8,10-12H2,1-5H3,(H,25,31)(H,26,32)(H,27,29)(H,28,30);1-2,4,6-7,15-16H,3H2,(H2,12,13,17)/b9-7+,16-6-;/t15-,17-,19-,20+;4-,6-,7-/m11/s1. The fourth-order valence-electron chi connectivity index (χ4n) is 5.22. The Morgan fingerprint density at radius 3 is 2.33 bits per heavy atom. The van der Waals surface area contributed by atoms with Crippen LogP contribution in [0.1, 0.15) is 53.7 Å². The number of rotatable bonds is 4. The van der Waals surface area contributed by atoms with E-state index in [1.807, 2.05) is 6.08 Å². The van der Waals surface area contributed by atoms with Crippen molar-refractivity contribution in [1.29, 1.82) is 0 Å². The maximum atomic E-state index is 13.7. The number of hydrogen-bond acceptors (Lipinski definition) is 14. The molecular weight excluding hydrogens is 757 g/mol. The van der Waals surface area contributed by atoms with Crippen molar-refractivity contribution in [3.8, 4) is 0 Å². The van der Waals surface area contributed by atoms with Gasteiger partial charge in [0.05, 0.1) is 13.0 Å². The SMILES string of the molecule is C/C=C1\NC(=O)[C@H]2CSSCC/C=C/[C@H](CC(=O)N[C@H](C(C)C)C(=O)N2)OC(=O)[C@H](C(C)C)NC1=O.Nc1ccn([C@@H]2O[C@H](CO)[C@@H](O)C2(F)F)c(=O)n1. The van der Waals surface area contributed by atoms with Crippen molar-refractivity contribution in [2.45, 2.75) is 96.0 Å². The Bertz CT molecular complexity index is 1640. The normalized spacial score (nSPS) is 29.9. The summed E-state index contributed by atoms with van der Waals surface area (Å²) in [6.07, 6.45) is -0.179. The van der Waals surface area contributed by atoms with Crippen molar-refractivity contribution >= 4 is 57.0 Å². The molecule has 2 fully saturated rings. The summed E-state index contributed by atoms with van der Waals surface area (Å²) >= 11 is 0. The smallest absolute Gasteiger partial charge is 0.351 e. The van der Waals surface area contributed by atoms with Crippen LogP contribution in [0.3, 0.4) is 0 Å². The Balaban J connectivity index is 0.000000362. The van der Waals surface area contributed by atoms with Crippen molar-refractivity contribution in [1.82, 2.24) is 30.8 Å². The van der Waals surface area contributed by atoms with Gasteiger partial charge in [-0.25, -0.2) is 9.59 Å². The number of allylic oxidation sites excluding steroid dienone is 2. The zero-order valence-electron chi connectivity index (χ0n) is 30.3. The Morgan fingerprint density at radius 1 is 1.06 bits per heavy atom. The summed E-state index contributed by atoms with van der Waals surface area (Å²) in [5.74, 6) is -6.37. The van der Waals surface area contributed by atoms with E-state index >= 15 is 0 Å². The average Bonchev–Trinajstić information content (AvgIpc) is 3.32. The number of nitrogens with zero attached hydrogens (tertiary/aromatic N) is 2. The fourth-order valence-corrected chi connectivity index (χ4v) is 7.38. The summed E-state index contributed by atoms with van der Waals surface area (Å²) in [6.45, 7) is 7.87. The van der Waals surface area contributed by atoms with Crippen molar-refractivity contribution in [3.05, 3.63) is 46.7 Å². The number of carbonyl (C=O) groups excluding carboxylic acids is 5. The zero-order chi connectivity index (χ0) is 40.3. The van der Waals surface area contributed by atoms with Gasteiger partial charge in [0.25, 0.3) is 5.91 Å². The molecule has 1 aromatic heterocycles. The number of amides is 4. The summed E-state index contributed by atoms with van der Waals surface area (Å²) in [5.41, 5.74) is 4.17. The minimum Gasteiger partial charge on any atom is -0.456 e. The largest absolute Gasteiger partial charge is 0.456 e. The Labute approximate surface area is 318 Å². The van der Waals surface area contributed by atoms with Gasteiger partial charge in [0.2, 0.25) is 23.9 Å². The van der Waals surface area contributed by atoms with Gasteiger partial charge in [0, 0.05) is 17.7 Å². The highest BCUT2D eigenvalue weighted by Crippen LogP contribution is 2.42. The minimum atomic E-state index is -3.71. The molecule has 3 aliphatic heterocycles. The first-order chi connectivity index (χ1) is 25.4. The molecule has 54 heavy (non-hydrogen) atoms. The van der Waals surface area contributed by atoms with E-state index in [4.69, 9.17) is 20.3 Å². The van der Waals surface area contributed by atoms with Crippen LogP contribution in [0.25, 0.3) is 0 Å². The fraction of sp³-hybridized carbons (Fsp3) is 0.606. The maximum absolute atomic E-state index is 13.7. The van der Waals surface area contributed by atoms with Crippen LogP contribution in [-0.4, -0.2) is 110 Å². The molecule has 8 N–H and O–H groups in total. The first-order valence-electron chi connectivity index (χ1n) is 17.1. The second kappa shape index (κ2) is 20.0. The number of fused-ring (bicyclic) bond motifs is 7. The molecule has 3 aliphatic rings. The molecule has 17 nitrogen and oxygen atoms in total. The highest BCUT2D eigenvalue weighted by molar-refractivity contribution is 8.76. The van der Waals surface area contributed by atoms with E-state index in [0.717, 1.165) is 12.3 Å². The van der Waals surface area contributed by atoms with Gasteiger partial charge in [-0.15, -0.1) is 0 Å². The molecule has 0 unspecified atom stereocenters. The first-order valence-corrected chi connectivity index (χ1v) is 19.6. The van der Waals surface area contributed by atoms with Crippen molar-refractivity contribution in [3.63, 3.8) is 0 Å². The summed E-state index contributed by atoms with van der Waals surface area (Å²) < 4.78 is 38.4. The lowest BCUT2D eigenvalue weighted by atomic mass is 10.0. The monoisotopic (exact) mass is 803 g/mol. The van der Waals surface area contributed by atoms with E-state index in [9.17, 15) is 42.7 Å². The van der Waals surface area contributed by atoms with Crippen LogP contribution in [0.2, 0.25) is 0 Å². The number of alkyl halides is 2. The number of aliphatic hydroxyl groups is 2. The van der Waals surface area contributed by atoms with Crippen LogP contribution in [0.5, 0.6) is 0 Å². The number of halogens is 2. The van der Waals surface area contributed by atoms with Crippen LogP contribution < -0.4 is 32.7 Å². The topological polar surface area (TPSA) is 253 Å². The third-order valence-corrected chi connectivity index (χ3v) is 10.7. The molecule has 7 atom stereocenters.